The van der Waals surface area contributed by atoms with Gasteiger partial charge in [0.2, 0.25) is 0 Å². The minimum atomic E-state index is -1.28. The average Bonchev–Trinajstić information content (AvgIpc) is 2.87. The lowest BCUT2D eigenvalue weighted by Gasteiger charge is -2.14. The number of carboxylic acid groups (broad SMARTS) is 1. The predicted octanol–water partition coefficient (Wildman–Crippen LogP) is 4.11. The summed E-state index contributed by atoms with van der Waals surface area (Å²) < 4.78 is 40.3. The van der Waals surface area contributed by atoms with Gasteiger partial charge in [-0.1, -0.05) is 31.4 Å². The number of aliphatic hydroxyl groups is 1. The van der Waals surface area contributed by atoms with Gasteiger partial charge in [0.15, 0.2) is 17.4 Å². The van der Waals surface area contributed by atoms with E-state index < -0.39 is 35.4 Å². The number of rotatable bonds is 9. The van der Waals surface area contributed by atoms with Gasteiger partial charge in [-0.05, 0) is 31.2 Å². The molecule has 1 aliphatic rings. The van der Waals surface area contributed by atoms with E-state index in [0.717, 1.165) is 18.9 Å². The molecule has 2 rings (SSSR count). The SMILES string of the molecule is O=C(O)CCCCCCC1C(=O)C(O)CC1/C=C/c1cc(F)cc(F)c1F. The summed E-state index contributed by atoms with van der Waals surface area (Å²) in [7, 11) is 0. The van der Waals surface area contributed by atoms with Crippen LogP contribution in [0.2, 0.25) is 0 Å². The molecule has 148 valence electrons. The Hall–Kier alpha value is -2.15. The Labute approximate surface area is 155 Å². The number of unbranched alkanes of at least 4 members (excludes halogenated alkanes) is 3. The van der Waals surface area contributed by atoms with E-state index in [9.17, 15) is 27.9 Å². The number of allylic oxidation sites excluding steroid dienone is 1. The summed E-state index contributed by atoms with van der Waals surface area (Å²) in [5.41, 5.74) is -0.242. The third-order valence-electron chi connectivity index (χ3n) is 4.91. The van der Waals surface area contributed by atoms with E-state index in [-0.39, 0.29) is 30.1 Å². The lowest BCUT2D eigenvalue weighted by molar-refractivity contribution is -0.137. The molecule has 27 heavy (non-hydrogen) atoms. The zero-order chi connectivity index (χ0) is 20.0. The van der Waals surface area contributed by atoms with Gasteiger partial charge in [-0.15, -0.1) is 0 Å². The van der Waals surface area contributed by atoms with Crippen LogP contribution in [0, 0.1) is 29.3 Å². The van der Waals surface area contributed by atoms with Crippen LogP contribution in [0.1, 0.15) is 50.5 Å². The van der Waals surface area contributed by atoms with Crippen molar-refractivity contribution in [1.82, 2.24) is 0 Å². The molecule has 0 spiro atoms. The molecule has 0 aromatic heterocycles. The first kappa shape index (κ1) is 21.2. The molecule has 1 aromatic carbocycles. The summed E-state index contributed by atoms with van der Waals surface area (Å²) in [6.45, 7) is 0. The first-order valence-corrected chi connectivity index (χ1v) is 9.06. The van der Waals surface area contributed by atoms with Crippen LogP contribution in [0.5, 0.6) is 0 Å². The van der Waals surface area contributed by atoms with Crippen molar-refractivity contribution in [3.63, 3.8) is 0 Å². The van der Waals surface area contributed by atoms with Gasteiger partial charge in [0, 0.05) is 24.0 Å². The van der Waals surface area contributed by atoms with Crippen LogP contribution < -0.4 is 0 Å². The molecule has 1 aliphatic carbocycles. The third-order valence-corrected chi connectivity index (χ3v) is 4.91. The average molecular weight is 384 g/mol. The fourth-order valence-electron chi connectivity index (χ4n) is 3.48. The maximum atomic E-state index is 13.7. The maximum absolute atomic E-state index is 13.7. The van der Waals surface area contributed by atoms with Gasteiger partial charge in [-0.2, -0.15) is 0 Å². The van der Waals surface area contributed by atoms with E-state index in [4.69, 9.17) is 5.11 Å². The number of benzene rings is 1. The van der Waals surface area contributed by atoms with E-state index in [0.29, 0.717) is 25.3 Å². The Morgan fingerprint density at radius 1 is 1.15 bits per heavy atom. The normalized spacial score (nSPS) is 22.7. The number of ketones is 1. The fourth-order valence-corrected chi connectivity index (χ4v) is 3.48. The summed E-state index contributed by atoms with van der Waals surface area (Å²) >= 11 is 0. The third kappa shape index (κ3) is 5.92. The van der Waals surface area contributed by atoms with Crippen LogP contribution in [0.3, 0.4) is 0 Å². The van der Waals surface area contributed by atoms with Crippen molar-refractivity contribution in [1.29, 1.82) is 0 Å². The molecule has 0 heterocycles. The highest BCUT2D eigenvalue weighted by Gasteiger charge is 2.39. The minimum Gasteiger partial charge on any atom is -0.481 e. The van der Waals surface area contributed by atoms with Crippen LogP contribution in [-0.2, 0) is 9.59 Å². The molecule has 2 N–H and O–H groups in total. The van der Waals surface area contributed by atoms with E-state index >= 15 is 0 Å². The lowest BCUT2D eigenvalue weighted by Crippen LogP contribution is -2.19. The molecular weight excluding hydrogens is 361 g/mol. The largest absolute Gasteiger partial charge is 0.481 e. The van der Waals surface area contributed by atoms with Gasteiger partial charge < -0.3 is 10.2 Å². The zero-order valence-corrected chi connectivity index (χ0v) is 14.8. The number of hydrogen-bond acceptors (Lipinski definition) is 3. The molecule has 1 fully saturated rings. The topological polar surface area (TPSA) is 74.6 Å². The molecule has 4 nitrogen and oxygen atoms in total. The van der Waals surface area contributed by atoms with Crippen LogP contribution in [0.25, 0.3) is 6.08 Å². The quantitative estimate of drug-likeness (QED) is 0.496. The highest BCUT2D eigenvalue weighted by molar-refractivity contribution is 5.88. The second-order valence-corrected chi connectivity index (χ2v) is 6.92. The van der Waals surface area contributed by atoms with E-state index in [1.54, 1.807) is 0 Å². The molecule has 7 heteroatoms. The second-order valence-electron chi connectivity index (χ2n) is 6.92. The summed E-state index contributed by atoms with van der Waals surface area (Å²) in [6.07, 6.45) is 5.31. The van der Waals surface area contributed by atoms with Crippen LogP contribution in [-0.4, -0.2) is 28.1 Å². The van der Waals surface area contributed by atoms with Gasteiger partial charge in [-0.25, -0.2) is 13.2 Å². The number of halogens is 3. The van der Waals surface area contributed by atoms with E-state index in [1.807, 2.05) is 0 Å². The number of aliphatic hydroxyl groups excluding tert-OH is 1. The lowest BCUT2D eigenvalue weighted by atomic mass is 9.89. The molecule has 0 saturated heterocycles. The Morgan fingerprint density at radius 2 is 1.85 bits per heavy atom. The number of carbonyl (C=O) groups is 2. The molecule has 3 atom stereocenters. The van der Waals surface area contributed by atoms with Crippen molar-refractivity contribution in [2.45, 2.75) is 51.0 Å². The second kappa shape index (κ2) is 9.69. The smallest absolute Gasteiger partial charge is 0.303 e. The minimum absolute atomic E-state index is 0.113. The Kier molecular flexibility index (Phi) is 7.59. The fraction of sp³-hybridized carbons (Fsp3) is 0.500. The van der Waals surface area contributed by atoms with Crippen LogP contribution >= 0.6 is 0 Å². The summed E-state index contributed by atoms with van der Waals surface area (Å²) in [5, 5.41) is 18.4. The molecule has 0 amide bonds. The Bertz CT molecular complexity index is 717. The van der Waals surface area contributed by atoms with Gasteiger partial charge in [-0.3, -0.25) is 9.59 Å². The predicted molar refractivity (Wildman–Crippen MR) is 93.3 cm³/mol. The van der Waals surface area contributed by atoms with Crippen molar-refractivity contribution < 1.29 is 33.0 Å². The molecule has 3 unspecified atom stereocenters. The number of hydrogen-bond donors (Lipinski definition) is 2. The molecule has 1 aromatic rings. The Morgan fingerprint density at radius 3 is 2.56 bits per heavy atom. The number of Topliss-reactive ketones (excluding diaryl/α,β-unsaturated/α-hetero) is 1. The van der Waals surface area contributed by atoms with Crippen molar-refractivity contribution in [2.24, 2.45) is 11.8 Å². The summed E-state index contributed by atoms with van der Waals surface area (Å²) in [5.74, 6) is -5.22. The highest BCUT2D eigenvalue weighted by atomic mass is 19.2. The van der Waals surface area contributed by atoms with Crippen LogP contribution in [0.4, 0.5) is 13.2 Å². The van der Waals surface area contributed by atoms with Crippen LogP contribution in [0.15, 0.2) is 18.2 Å². The summed E-state index contributed by atoms with van der Waals surface area (Å²) in [6, 6.07) is 1.34. The Balaban J connectivity index is 1.96. The first-order chi connectivity index (χ1) is 12.8. The van der Waals surface area contributed by atoms with Crippen molar-refractivity contribution >= 4 is 17.8 Å². The molecule has 0 bridgehead atoms. The zero-order valence-electron chi connectivity index (χ0n) is 14.8. The van der Waals surface area contributed by atoms with E-state index in [2.05, 4.69) is 0 Å². The first-order valence-electron chi connectivity index (χ1n) is 9.06. The highest BCUT2D eigenvalue weighted by Crippen LogP contribution is 2.35. The molecular formula is C20H23F3O4. The van der Waals surface area contributed by atoms with E-state index in [1.165, 1.54) is 12.2 Å². The molecule has 0 radical (unpaired) electrons. The number of aliphatic carboxylic acids is 1. The standard InChI is InChI=1S/C20H23F3O4/c21-14-9-13(19(23)16(22)11-14)8-7-12-10-17(24)20(27)15(12)5-3-1-2-4-6-18(25)26/h7-9,11-12,15,17,24H,1-6,10H2,(H,25,26)/b8-7+. The summed E-state index contributed by atoms with van der Waals surface area (Å²) in [4.78, 5) is 22.6. The van der Waals surface area contributed by atoms with Gasteiger partial charge in [0.1, 0.15) is 11.9 Å². The van der Waals surface area contributed by atoms with Gasteiger partial charge in [0.05, 0.1) is 0 Å². The molecule has 1 saturated carbocycles. The number of carbonyl (C=O) groups excluding carboxylic acids is 1. The van der Waals surface area contributed by atoms with Crippen molar-refractivity contribution in [3.8, 4) is 0 Å². The molecule has 0 aliphatic heterocycles. The van der Waals surface area contributed by atoms with Gasteiger partial charge in [0.25, 0.3) is 0 Å². The number of carboxylic acids is 1. The monoisotopic (exact) mass is 384 g/mol. The van der Waals surface area contributed by atoms with Gasteiger partial charge >= 0.3 is 5.97 Å². The van der Waals surface area contributed by atoms with Crippen molar-refractivity contribution in [2.75, 3.05) is 0 Å². The van der Waals surface area contributed by atoms with Crippen molar-refractivity contribution in [3.05, 3.63) is 41.2 Å². The maximum Gasteiger partial charge on any atom is 0.303 e.